The van der Waals surface area contributed by atoms with Crippen molar-refractivity contribution in [3.8, 4) is 0 Å². The summed E-state index contributed by atoms with van der Waals surface area (Å²) in [6, 6.07) is 7.74. The second kappa shape index (κ2) is 6.35. The Hall–Kier alpha value is -1.13. The molecule has 106 valence electrons. The fourth-order valence-electron chi connectivity index (χ4n) is 2.94. The second-order valence-corrected chi connectivity index (χ2v) is 5.47. The lowest BCUT2D eigenvalue weighted by molar-refractivity contribution is 0.327. The van der Waals surface area contributed by atoms with Gasteiger partial charge in [0.25, 0.3) is 0 Å². The van der Waals surface area contributed by atoms with Crippen LogP contribution in [0, 0.1) is 5.82 Å². The zero-order valence-corrected chi connectivity index (χ0v) is 12.1. The summed E-state index contributed by atoms with van der Waals surface area (Å²) >= 11 is 0. The van der Waals surface area contributed by atoms with Gasteiger partial charge in [0.05, 0.1) is 11.7 Å². The Morgan fingerprint density at radius 2 is 2.11 bits per heavy atom. The van der Waals surface area contributed by atoms with Crippen LogP contribution in [0.15, 0.2) is 24.3 Å². The molecule has 1 aromatic carbocycles. The van der Waals surface area contributed by atoms with E-state index < -0.39 is 0 Å². The molecule has 4 heteroatoms. The van der Waals surface area contributed by atoms with E-state index in [1.807, 2.05) is 19.2 Å². The lowest BCUT2D eigenvalue weighted by atomic mass is 10.1. The lowest BCUT2D eigenvalue weighted by Crippen LogP contribution is -2.49. The van der Waals surface area contributed by atoms with E-state index in [2.05, 4.69) is 29.1 Å². The Labute approximate surface area is 115 Å². The monoisotopic (exact) mass is 265 g/mol. The molecule has 1 fully saturated rings. The number of hydrogen-bond acceptors (Lipinski definition) is 3. The van der Waals surface area contributed by atoms with Gasteiger partial charge in [-0.15, -0.1) is 0 Å². The molecule has 2 rings (SSSR count). The van der Waals surface area contributed by atoms with E-state index in [0.29, 0.717) is 12.1 Å². The molecule has 1 aromatic rings. The van der Waals surface area contributed by atoms with Gasteiger partial charge in [-0.2, -0.15) is 0 Å². The summed E-state index contributed by atoms with van der Waals surface area (Å²) in [6.07, 6.45) is 1.06. The van der Waals surface area contributed by atoms with Crippen molar-refractivity contribution in [2.45, 2.75) is 25.4 Å². The molecule has 1 heterocycles. The highest BCUT2D eigenvalue weighted by Gasteiger charge is 2.29. The molecule has 0 amide bonds. The van der Waals surface area contributed by atoms with Gasteiger partial charge in [-0.3, -0.25) is 0 Å². The van der Waals surface area contributed by atoms with Crippen LogP contribution in [-0.2, 0) is 0 Å². The predicted octanol–water partition coefficient (Wildman–Crippen LogP) is 1.94. The molecule has 1 N–H and O–H groups in total. The van der Waals surface area contributed by atoms with Crippen molar-refractivity contribution >= 4 is 5.69 Å². The highest BCUT2D eigenvalue weighted by atomic mass is 19.1. The molecule has 0 saturated carbocycles. The standard InChI is InChI=1S/C15H24FN3/c1-12-8-9-18(3)11-13(10-17-2)19(12)15-7-5-4-6-14(15)16/h4-7,12-13,17H,8-11H2,1-3H3. The van der Waals surface area contributed by atoms with Crippen LogP contribution >= 0.6 is 0 Å². The van der Waals surface area contributed by atoms with Crippen LogP contribution in [0.2, 0.25) is 0 Å². The van der Waals surface area contributed by atoms with E-state index in [1.165, 1.54) is 0 Å². The molecule has 1 aliphatic heterocycles. The quantitative estimate of drug-likeness (QED) is 0.901. The number of hydrogen-bond donors (Lipinski definition) is 1. The molecule has 1 aliphatic rings. The van der Waals surface area contributed by atoms with Crippen molar-refractivity contribution in [2.75, 3.05) is 38.6 Å². The van der Waals surface area contributed by atoms with E-state index in [1.54, 1.807) is 12.1 Å². The largest absolute Gasteiger partial charge is 0.361 e. The third-order valence-corrected chi connectivity index (χ3v) is 3.89. The number of nitrogens with one attached hydrogen (secondary N) is 1. The van der Waals surface area contributed by atoms with Gasteiger partial charge in [0, 0.05) is 19.1 Å². The second-order valence-electron chi connectivity index (χ2n) is 5.47. The number of likely N-dealkylation sites (N-methyl/N-ethyl adjacent to an activating group) is 2. The van der Waals surface area contributed by atoms with Crippen molar-refractivity contribution in [3.05, 3.63) is 30.1 Å². The van der Waals surface area contributed by atoms with E-state index in [-0.39, 0.29) is 5.82 Å². The van der Waals surface area contributed by atoms with E-state index in [9.17, 15) is 4.39 Å². The smallest absolute Gasteiger partial charge is 0.146 e. The minimum absolute atomic E-state index is 0.125. The molecule has 0 aliphatic carbocycles. The number of rotatable bonds is 3. The van der Waals surface area contributed by atoms with Crippen molar-refractivity contribution in [3.63, 3.8) is 0 Å². The first-order valence-corrected chi connectivity index (χ1v) is 6.99. The first kappa shape index (κ1) is 14.3. The summed E-state index contributed by atoms with van der Waals surface area (Å²) in [5, 5.41) is 3.23. The zero-order valence-electron chi connectivity index (χ0n) is 12.1. The molecule has 0 aromatic heterocycles. The van der Waals surface area contributed by atoms with Gasteiger partial charge in [-0.25, -0.2) is 4.39 Å². The van der Waals surface area contributed by atoms with Crippen molar-refractivity contribution in [1.29, 1.82) is 0 Å². The Bertz CT molecular complexity index is 410. The van der Waals surface area contributed by atoms with Gasteiger partial charge in [0.15, 0.2) is 0 Å². The summed E-state index contributed by atoms with van der Waals surface area (Å²) in [4.78, 5) is 4.58. The number of anilines is 1. The maximum absolute atomic E-state index is 14.1. The molecule has 3 nitrogen and oxygen atoms in total. The lowest BCUT2D eigenvalue weighted by Gasteiger charge is -2.37. The third-order valence-electron chi connectivity index (χ3n) is 3.89. The molecular weight excluding hydrogens is 241 g/mol. The van der Waals surface area contributed by atoms with Crippen molar-refractivity contribution < 1.29 is 4.39 Å². The van der Waals surface area contributed by atoms with E-state index in [4.69, 9.17) is 0 Å². The molecule has 0 radical (unpaired) electrons. The van der Waals surface area contributed by atoms with Crippen LogP contribution in [0.3, 0.4) is 0 Å². The van der Waals surface area contributed by atoms with Crippen molar-refractivity contribution in [2.24, 2.45) is 0 Å². The van der Waals surface area contributed by atoms with Gasteiger partial charge in [0.2, 0.25) is 0 Å². The van der Waals surface area contributed by atoms with E-state index in [0.717, 1.165) is 31.7 Å². The van der Waals surface area contributed by atoms with Crippen LogP contribution in [0.25, 0.3) is 0 Å². The fraction of sp³-hybridized carbons (Fsp3) is 0.600. The van der Waals surface area contributed by atoms with Gasteiger partial charge in [-0.1, -0.05) is 12.1 Å². The number of nitrogens with zero attached hydrogens (tertiary/aromatic N) is 2. The van der Waals surface area contributed by atoms with Crippen LogP contribution in [0.1, 0.15) is 13.3 Å². The first-order chi connectivity index (χ1) is 9.13. The first-order valence-electron chi connectivity index (χ1n) is 6.99. The summed E-state index contributed by atoms with van der Waals surface area (Å²) in [5.41, 5.74) is 0.727. The minimum atomic E-state index is -0.125. The third kappa shape index (κ3) is 3.25. The van der Waals surface area contributed by atoms with Crippen molar-refractivity contribution in [1.82, 2.24) is 10.2 Å². The van der Waals surface area contributed by atoms with Crippen LogP contribution in [0.4, 0.5) is 10.1 Å². The summed E-state index contributed by atoms with van der Waals surface area (Å²) in [6.45, 7) is 5.07. The molecule has 1 saturated heterocycles. The number of halogens is 1. The molecule has 19 heavy (non-hydrogen) atoms. The van der Waals surface area contributed by atoms with Gasteiger partial charge in [-0.05, 0) is 46.1 Å². The highest BCUT2D eigenvalue weighted by molar-refractivity contribution is 5.50. The van der Waals surface area contributed by atoms with E-state index >= 15 is 0 Å². The predicted molar refractivity (Wildman–Crippen MR) is 78.2 cm³/mol. The average molecular weight is 265 g/mol. The number of para-hydroxylation sites is 1. The molecular formula is C15H24FN3. The SMILES string of the molecule is CNCC1CN(C)CCC(C)N1c1ccccc1F. The molecule has 2 atom stereocenters. The summed E-state index contributed by atoms with van der Waals surface area (Å²) in [7, 11) is 4.09. The van der Waals surface area contributed by atoms with Crippen LogP contribution < -0.4 is 10.2 Å². The maximum atomic E-state index is 14.1. The molecule has 2 unspecified atom stereocenters. The number of benzene rings is 1. The average Bonchev–Trinajstić information content (AvgIpc) is 2.51. The fourth-order valence-corrected chi connectivity index (χ4v) is 2.94. The summed E-state index contributed by atoms with van der Waals surface area (Å²) in [5.74, 6) is -0.125. The Morgan fingerprint density at radius 1 is 1.37 bits per heavy atom. The Morgan fingerprint density at radius 3 is 2.79 bits per heavy atom. The topological polar surface area (TPSA) is 18.5 Å². The van der Waals surface area contributed by atoms with Gasteiger partial charge >= 0.3 is 0 Å². The summed E-state index contributed by atoms with van der Waals surface area (Å²) < 4.78 is 14.1. The highest BCUT2D eigenvalue weighted by Crippen LogP contribution is 2.26. The van der Waals surface area contributed by atoms with Crippen LogP contribution in [0.5, 0.6) is 0 Å². The molecule has 0 spiro atoms. The van der Waals surface area contributed by atoms with Crippen LogP contribution in [-0.4, -0.2) is 50.7 Å². The minimum Gasteiger partial charge on any atom is -0.361 e. The van der Waals surface area contributed by atoms with Gasteiger partial charge in [0.1, 0.15) is 5.82 Å². The Balaban J connectivity index is 2.33. The maximum Gasteiger partial charge on any atom is 0.146 e. The zero-order chi connectivity index (χ0) is 13.8. The van der Waals surface area contributed by atoms with Gasteiger partial charge < -0.3 is 15.1 Å². The Kier molecular flexibility index (Phi) is 4.77. The molecule has 0 bridgehead atoms. The normalized spacial score (nSPS) is 25.4.